The Morgan fingerprint density at radius 3 is 2.75 bits per heavy atom. The van der Waals surface area contributed by atoms with E-state index in [0.29, 0.717) is 5.92 Å². The average molecular weight is 228 g/mol. The summed E-state index contributed by atoms with van der Waals surface area (Å²) >= 11 is 1.82. The minimum atomic E-state index is 0.460. The Bertz CT molecular complexity index is 466. The summed E-state index contributed by atoms with van der Waals surface area (Å²) in [5, 5.41) is 0. The zero-order valence-electron chi connectivity index (χ0n) is 9.73. The number of benzene rings is 1. The molecule has 2 rings (SSSR count). The highest BCUT2D eigenvalue weighted by atomic mass is 32.2. The summed E-state index contributed by atoms with van der Waals surface area (Å²) in [6.07, 6.45) is 6.26. The third kappa shape index (κ3) is 1.88. The summed E-state index contributed by atoms with van der Waals surface area (Å²) in [5.41, 5.74) is 2.80. The average Bonchev–Trinajstić information content (AvgIpc) is 2.33. The Kier molecular flexibility index (Phi) is 3.35. The Balaban J connectivity index is 2.53. The van der Waals surface area contributed by atoms with Crippen LogP contribution in [0.25, 0.3) is 0 Å². The molecule has 0 saturated heterocycles. The molecule has 0 aromatic heterocycles. The Hall–Kier alpha value is -1.21. The zero-order valence-corrected chi connectivity index (χ0v) is 10.6. The van der Waals surface area contributed by atoms with E-state index in [-0.39, 0.29) is 0 Å². The first-order chi connectivity index (χ1) is 7.77. The summed E-state index contributed by atoms with van der Waals surface area (Å²) in [6, 6.07) is 8.62. The quantitative estimate of drug-likeness (QED) is 0.693. The van der Waals surface area contributed by atoms with Crippen LogP contribution in [0.15, 0.2) is 64.4 Å². The second-order valence-corrected chi connectivity index (χ2v) is 4.97. The van der Waals surface area contributed by atoms with Gasteiger partial charge in [0, 0.05) is 15.7 Å². The second kappa shape index (κ2) is 4.75. The molecule has 1 unspecified atom stereocenters. The number of hydrogen-bond acceptors (Lipinski definition) is 1. The van der Waals surface area contributed by atoms with Crippen molar-refractivity contribution in [3.05, 3.63) is 65.1 Å². The molecular weight excluding hydrogens is 212 g/mol. The molecule has 0 saturated carbocycles. The van der Waals surface area contributed by atoms with E-state index in [1.54, 1.807) is 0 Å². The first-order valence-corrected chi connectivity index (χ1v) is 6.35. The van der Waals surface area contributed by atoms with Crippen LogP contribution >= 0.6 is 11.8 Å². The molecule has 1 heteroatoms. The predicted molar refractivity (Wildman–Crippen MR) is 72.8 cm³/mol. The molecule has 1 heterocycles. The van der Waals surface area contributed by atoms with Crippen LogP contribution in [0.2, 0.25) is 0 Å². The summed E-state index contributed by atoms with van der Waals surface area (Å²) in [6.45, 7) is 8.23. The monoisotopic (exact) mass is 228 g/mol. The van der Waals surface area contributed by atoms with Crippen molar-refractivity contribution in [1.82, 2.24) is 0 Å². The molecule has 1 aliphatic heterocycles. The Morgan fingerprint density at radius 2 is 2.06 bits per heavy atom. The Morgan fingerprint density at radius 1 is 1.31 bits per heavy atom. The van der Waals surface area contributed by atoms with Crippen LogP contribution in [-0.2, 0) is 0 Å². The molecule has 1 atom stereocenters. The van der Waals surface area contributed by atoms with Crippen LogP contribution in [0.1, 0.15) is 25.3 Å². The zero-order chi connectivity index (χ0) is 11.5. The normalized spacial score (nSPS) is 20.0. The molecule has 0 amide bonds. The maximum atomic E-state index is 3.91. The number of thioether (sulfide) groups is 1. The molecule has 0 nitrogen and oxygen atoms in total. The SMILES string of the molecule is C=CC1=C(/C=C\C)C(C)c2ccccc2S1. The van der Waals surface area contributed by atoms with Crippen LogP contribution in [0.3, 0.4) is 0 Å². The van der Waals surface area contributed by atoms with E-state index in [2.05, 4.69) is 56.8 Å². The summed E-state index contributed by atoms with van der Waals surface area (Å²) < 4.78 is 0. The van der Waals surface area contributed by atoms with Gasteiger partial charge in [0.2, 0.25) is 0 Å². The molecule has 1 aromatic carbocycles. The smallest absolute Gasteiger partial charge is 0.0160 e. The summed E-state index contributed by atoms with van der Waals surface area (Å²) in [5.74, 6) is 0.460. The van der Waals surface area contributed by atoms with E-state index >= 15 is 0 Å². The lowest BCUT2D eigenvalue weighted by atomic mass is 9.91. The first-order valence-electron chi connectivity index (χ1n) is 5.54. The first kappa shape index (κ1) is 11.3. The van der Waals surface area contributed by atoms with Gasteiger partial charge in [0.15, 0.2) is 0 Å². The third-order valence-corrected chi connectivity index (χ3v) is 4.10. The van der Waals surface area contributed by atoms with Gasteiger partial charge >= 0.3 is 0 Å². The standard InChI is InChI=1S/C15H16S/c1-4-8-12-11(3)13-9-6-7-10-15(13)16-14(12)5-2/h4-11H,2H2,1,3H3/b8-4-. The van der Waals surface area contributed by atoms with Crippen molar-refractivity contribution in [2.45, 2.75) is 24.7 Å². The van der Waals surface area contributed by atoms with Crippen molar-refractivity contribution in [1.29, 1.82) is 0 Å². The van der Waals surface area contributed by atoms with Gasteiger partial charge < -0.3 is 0 Å². The van der Waals surface area contributed by atoms with Crippen molar-refractivity contribution >= 4 is 11.8 Å². The largest absolute Gasteiger partial charge is 0.0979 e. The lowest BCUT2D eigenvalue weighted by Gasteiger charge is -2.25. The molecule has 0 N–H and O–H groups in total. The minimum Gasteiger partial charge on any atom is -0.0979 e. The van der Waals surface area contributed by atoms with Crippen LogP contribution in [0.4, 0.5) is 0 Å². The van der Waals surface area contributed by atoms with Gasteiger partial charge in [0.1, 0.15) is 0 Å². The maximum absolute atomic E-state index is 3.91. The summed E-state index contributed by atoms with van der Waals surface area (Å²) in [7, 11) is 0. The molecule has 1 aliphatic rings. The van der Waals surface area contributed by atoms with Gasteiger partial charge in [-0.2, -0.15) is 0 Å². The highest BCUT2D eigenvalue weighted by Crippen LogP contribution is 2.45. The number of fused-ring (bicyclic) bond motifs is 1. The van der Waals surface area contributed by atoms with Gasteiger partial charge in [-0.25, -0.2) is 0 Å². The van der Waals surface area contributed by atoms with Gasteiger partial charge in [-0.05, 0) is 24.1 Å². The van der Waals surface area contributed by atoms with E-state index in [1.807, 2.05) is 17.8 Å². The minimum absolute atomic E-state index is 0.460. The molecule has 0 bridgehead atoms. The fraction of sp³-hybridized carbons (Fsp3) is 0.200. The topological polar surface area (TPSA) is 0 Å². The highest BCUT2D eigenvalue weighted by Gasteiger charge is 2.21. The third-order valence-electron chi connectivity index (χ3n) is 2.89. The fourth-order valence-electron chi connectivity index (χ4n) is 2.06. The van der Waals surface area contributed by atoms with E-state index in [0.717, 1.165) is 0 Å². The van der Waals surface area contributed by atoms with Crippen molar-refractivity contribution in [2.75, 3.05) is 0 Å². The number of rotatable bonds is 2. The van der Waals surface area contributed by atoms with Crippen molar-refractivity contribution < 1.29 is 0 Å². The summed E-state index contributed by atoms with van der Waals surface area (Å²) in [4.78, 5) is 2.64. The van der Waals surface area contributed by atoms with Gasteiger partial charge in [-0.1, -0.05) is 61.7 Å². The molecule has 0 fully saturated rings. The molecule has 82 valence electrons. The number of allylic oxidation sites excluding steroid dienone is 4. The van der Waals surface area contributed by atoms with Gasteiger partial charge in [0.05, 0.1) is 0 Å². The molecule has 16 heavy (non-hydrogen) atoms. The predicted octanol–water partition coefficient (Wildman–Crippen LogP) is 4.91. The molecule has 0 spiro atoms. The fourth-order valence-corrected chi connectivity index (χ4v) is 3.25. The lowest BCUT2D eigenvalue weighted by Crippen LogP contribution is -2.04. The molecule has 0 aliphatic carbocycles. The van der Waals surface area contributed by atoms with E-state index < -0.39 is 0 Å². The van der Waals surface area contributed by atoms with Crippen molar-refractivity contribution in [3.8, 4) is 0 Å². The van der Waals surface area contributed by atoms with E-state index in [9.17, 15) is 0 Å². The lowest BCUT2D eigenvalue weighted by molar-refractivity contribution is 0.883. The van der Waals surface area contributed by atoms with Crippen LogP contribution < -0.4 is 0 Å². The molecular formula is C15H16S. The van der Waals surface area contributed by atoms with Gasteiger partial charge in [-0.3, -0.25) is 0 Å². The van der Waals surface area contributed by atoms with E-state index in [4.69, 9.17) is 0 Å². The van der Waals surface area contributed by atoms with Crippen molar-refractivity contribution in [3.63, 3.8) is 0 Å². The molecule has 1 aromatic rings. The van der Waals surface area contributed by atoms with Crippen molar-refractivity contribution in [2.24, 2.45) is 0 Å². The molecule has 0 radical (unpaired) electrons. The second-order valence-electron chi connectivity index (χ2n) is 3.89. The van der Waals surface area contributed by atoms with Crippen LogP contribution in [0, 0.1) is 0 Å². The maximum Gasteiger partial charge on any atom is 0.0160 e. The van der Waals surface area contributed by atoms with Gasteiger partial charge in [0.25, 0.3) is 0 Å². The number of hydrogen-bond donors (Lipinski definition) is 0. The Labute approximate surface area is 102 Å². The van der Waals surface area contributed by atoms with Crippen LogP contribution in [0.5, 0.6) is 0 Å². The van der Waals surface area contributed by atoms with Gasteiger partial charge in [-0.15, -0.1) is 0 Å². The van der Waals surface area contributed by atoms with E-state index in [1.165, 1.54) is 20.9 Å². The van der Waals surface area contributed by atoms with Crippen LogP contribution in [-0.4, -0.2) is 0 Å². The highest BCUT2D eigenvalue weighted by molar-refractivity contribution is 8.03.